The van der Waals surface area contributed by atoms with E-state index in [9.17, 15) is 5.11 Å². The first-order chi connectivity index (χ1) is 13.2. The van der Waals surface area contributed by atoms with Crippen molar-refractivity contribution in [3.63, 3.8) is 0 Å². The van der Waals surface area contributed by atoms with E-state index in [0.29, 0.717) is 6.61 Å². The second-order valence-electron chi connectivity index (χ2n) is 7.63. The van der Waals surface area contributed by atoms with Crippen molar-refractivity contribution < 1.29 is 14.6 Å². The lowest BCUT2D eigenvalue weighted by atomic mass is 9.82. The average molecular weight is 379 g/mol. The van der Waals surface area contributed by atoms with E-state index >= 15 is 0 Å². The SMILES string of the molecule is CCCCCCCCC(CCC)C(OC)(OCCC)C(O)c1ccccc1. The first-order valence-corrected chi connectivity index (χ1v) is 11.1. The van der Waals surface area contributed by atoms with Crippen LogP contribution in [-0.2, 0) is 9.47 Å². The lowest BCUT2D eigenvalue weighted by molar-refractivity contribution is -0.304. The predicted octanol–water partition coefficient (Wildman–Crippen LogP) is 6.66. The molecule has 1 N–H and O–H groups in total. The smallest absolute Gasteiger partial charge is 0.201 e. The third-order valence-corrected chi connectivity index (χ3v) is 5.46. The van der Waals surface area contributed by atoms with Gasteiger partial charge in [0.25, 0.3) is 0 Å². The van der Waals surface area contributed by atoms with E-state index in [1.165, 1.54) is 32.1 Å². The summed E-state index contributed by atoms with van der Waals surface area (Å²) < 4.78 is 12.3. The average Bonchev–Trinajstić information content (AvgIpc) is 2.71. The van der Waals surface area contributed by atoms with Gasteiger partial charge in [0.15, 0.2) is 0 Å². The quantitative estimate of drug-likeness (QED) is 0.258. The molecule has 0 heterocycles. The number of methoxy groups -OCH3 is 1. The summed E-state index contributed by atoms with van der Waals surface area (Å²) in [7, 11) is 1.69. The second-order valence-corrected chi connectivity index (χ2v) is 7.63. The number of aliphatic hydroxyl groups is 1. The summed E-state index contributed by atoms with van der Waals surface area (Å²) in [6.45, 7) is 7.13. The zero-order chi connectivity index (χ0) is 20.0. The van der Waals surface area contributed by atoms with Gasteiger partial charge in [-0.15, -0.1) is 0 Å². The molecule has 0 fully saturated rings. The maximum Gasteiger partial charge on any atom is 0.201 e. The van der Waals surface area contributed by atoms with Crippen molar-refractivity contribution in [1.29, 1.82) is 0 Å². The number of hydrogen-bond acceptors (Lipinski definition) is 3. The van der Waals surface area contributed by atoms with E-state index in [0.717, 1.165) is 37.7 Å². The molecule has 0 aliphatic rings. The van der Waals surface area contributed by atoms with Gasteiger partial charge in [0.1, 0.15) is 6.10 Å². The van der Waals surface area contributed by atoms with Crippen LogP contribution in [0.5, 0.6) is 0 Å². The Morgan fingerprint density at radius 3 is 2.11 bits per heavy atom. The van der Waals surface area contributed by atoms with Gasteiger partial charge in [0.05, 0.1) is 0 Å². The van der Waals surface area contributed by atoms with Crippen molar-refractivity contribution >= 4 is 0 Å². The number of hydrogen-bond donors (Lipinski definition) is 1. The molecule has 3 nitrogen and oxygen atoms in total. The van der Waals surface area contributed by atoms with Crippen molar-refractivity contribution in [2.24, 2.45) is 5.92 Å². The predicted molar refractivity (Wildman–Crippen MR) is 114 cm³/mol. The van der Waals surface area contributed by atoms with E-state index in [2.05, 4.69) is 20.8 Å². The lowest BCUT2D eigenvalue weighted by Crippen LogP contribution is -2.48. The van der Waals surface area contributed by atoms with Gasteiger partial charge < -0.3 is 14.6 Å². The molecular weight excluding hydrogens is 336 g/mol. The first kappa shape index (κ1) is 24.1. The molecule has 0 saturated carbocycles. The Labute approximate surface area is 167 Å². The molecule has 0 aliphatic heterocycles. The monoisotopic (exact) mass is 378 g/mol. The Hall–Kier alpha value is -0.900. The Kier molecular flexibility index (Phi) is 12.6. The van der Waals surface area contributed by atoms with Gasteiger partial charge in [0.2, 0.25) is 5.79 Å². The molecule has 3 unspecified atom stereocenters. The molecule has 156 valence electrons. The van der Waals surface area contributed by atoms with E-state index in [4.69, 9.17) is 9.47 Å². The van der Waals surface area contributed by atoms with Crippen LogP contribution in [0.2, 0.25) is 0 Å². The van der Waals surface area contributed by atoms with Gasteiger partial charge in [-0.3, -0.25) is 0 Å². The molecule has 0 aromatic heterocycles. The molecule has 1 aromatic carbocycles. The van der Waals surface area contributed by atoms with E-state index < -0.39 is 11.9 Å². The normalized spacial score (nSPS) is 16.0. The Morgan fingerprint density at radius 2 is 1.52 bits per heavy atom. The van der Waals surface area contributed by atoms with Gasteiger partial charge in [-0.1, -0.05) is 96.0 Å². The van der Waals surface area contributed by atoms with Gasteiger partial charge in [-0.05, 0) is 24.8 Å². The fourth-order valence-corrected chi connectivity index (χ4v) is 3.95. The highest BCUT2D eigenvalue weighted by Crippen LogP contribution is 2.41. The second kappa shape index (κ2) is 14.1. The fraction of sp³-hybridized carbons (Fsp3) is 0.750. The highest BCUT2D eigenvalue weighted by atomic mass is 16.7. The molecule has 1 rings (SSSR count). The van der Waals surface area contributed by atoms with Crippen LogP contribution >= 0.6 is 0 Å². The van der Waals surface area contributed by atoms with Crippen LogP contribution in [0.1, 0.15) is 96.6 Å². The van der Waals surface area contributed by atoms with Crippen molar-refractivity contribution in [3.05, 3.63) is 35.9 Å². The molecule has 0 spiro atoms. The summed E-state index contributed by atoms with van der Waals surface area (Å²) in [5, 5.41) is 11.3. The molecular formula is C24H42O3. The molecule has 0 saturated heterocycles. The maximum absolute atomic E-state index is 11.3. The number of unbranched alkanes of at least 4 members (excludes halogenated alkanes) is 5. The first-order valence-electron chi connectivity index (χ1n) is 11.1. The third kappa shape index (κ3) is 7.56. The third-order valence-electron chi connectivity index (χ3n) is 5.46. The Morgan fingerprint density at radius 1 is 0.852 bits per heavy atom. The molecule has 3 heteroatoms. The molecule has 27 heavy (non-hydrogen) atoms. The summed E-state index contributed by atoms with van der Waals surface area (Å²) in [5.41, 5.74) is 0.861. The highest BCUT2D eigenvalue weighted by Gasteiger charge is 2.46. The highest BCUT2D eigenvalue weighted by molar-refractivity contribution is 5.20. The van der Waals surface area contributed by atoms with Crippen LogP contribution in [0.4, 0.5) is 0 Å². The lowest BCUT2D eigenvalue weighted by Gasteiger charge is -2.43. The van der Waals surface area contributed by atoms with E-state index in [1.54, 1.807) is 7.11 Å². The number of rotatable bonds is 16. The van der Waals surface area contributed by atoms with E-state index in [1.807, 2.05) is 30.3 Å². The minimum absolute atomic E-state index is 0.181. The molecule has 0 bridgehead atoms. The van der Waals surface area contributed by atoms with Crippen LogP contribution in [0.25, 0.3) is 0 Å². The molecule has 1 aromatic rings. The maximum atomic E-state index is 11.3. The molecule has 0 amide bonds. The summed E-state index contributed by atoms with van der Waals surface area (Å²) in [5.74, 6) is -0.794. The minimum atomic E-state index is -0.975. The van der Waals surface area contributed by atoms with Crippen LogP contribution in [0.15, 0.2) is 30.3 Å². The van der Waals surface area contributed by atoms with Gasteiger partial charge in [0, 0.05) is 19.6 Å². The van der Waals surface area contributed by atoms with Crippen molar-refractivity contribution in [3.8, 4) is 0 Å². The summed E-state index contributed by atoms with van der Waals surface area (Å²) >= 11 is 0. The molecule has 0 aliphatic carbocycles. The van der Waals surface area contributed by atoms with Crippen LogP contribution in [0, 0.1) is 5.92 Å². The van der Waals surface area contributed by atoms with Crippen molar-refractivity contribution in [1.82, 2.24) is 0 Å². The van der Waals surface area contributed by atoms with Crippen LogP contribution in [-0.4, -0.2) is 24.6 Å². The van der Waals surface area contributed by atoms with Crippen LogP contribution < -0.4 is 0 Å². The minimum Gasteiger partial charge on any atom is -0.383 e. The van der Waals surface area contributed by atoms with Crippen molar-refractivity contribution in [2.45, 2.75) is 96.9 Å². The summed E-state index contributed by atoms with van der Waals surface area (Å²) in [6, 6.07) is 9.81. The Balaban J connectivity index is 2.93. The number of aliphatic hydroxyl groups excluding tert-OH is 1. The zero-order valence-corrected chi connectivity index (χ0v) is 18.1. The number of ether oxygens (including phenoxy) is 2. The van der Waals surface area contributed by atoms with E-state index in [-0.39, 0.29) is 5.92 Å². The topological polar surface area (TPSA) is 38.7 Å². The largest absolute Gasteiger partial charge is 0.383 e. The Bertz CT molecular complexity index is 462. The van der Waals surface area contributed by atoms with Gasteiger partial charge in [-0.25, -0.2) is 0 Å². The van der Waals surface area contributed by atoms with Crippen LogP contribution in [0.3, 0.4) is 0 Å². The zero-order valence-electron chi connectivity index (χ0n) is 18.1. The number of benzene rings is 1. The molecule has 3 atom stereocenters. The summed E-state index contributed by atoms with van der Waals surface area (Å²) in [6.07, 6.45) is 10.8. The molecule has 0 radical (unpaired) electrons. The summed E-state index contributed by atoms with van der Waals surface area (Å²) in [4.78, 5) is 0. The van der Waals surface area contributed by atoms with Gasteiger partial charge in [-0.2, -0.15) is 0 Å². The fourth-order valence-electron chi connectivity index (χ4n) is 3.95. The van der Waals surface area contributed by atoms with Gasteiger partial charge >= 0.3 is 0 Å². The standard InChI is InChI=1S/C24H42O3/c1-5-8-9-10-11-15-19-22(16-6-2)24(26-4,27-20-7-3)23(25)21-17-13-12-14-18-21/h12-14,17-18,22-23,25H,5-11,15-16,19-20H2,1-4H3. The van der Waals surface area contributed by atoms with Crippen molar-refractivity contribution in [2.75, 3.05) is 13.7 Å².